The summed E-state index contributed by atoms with van der Waals surface area (Å²) in [5, 5.41) is 0.963. The van der Waals surface area contributed by atoms with Gasteiger partial charge in [0.25, 0.3) is 0 Å². The van der Waals surface area contributed by atoms with Crippen LogP contribution in [0, 0.1) is 11.6 Å². The first-order valence-corrected chi connectivity index (χ1v) is 6.94. The number of hydrogen-bond acceptors (Lipinski definition) is 2. The Bertz CT molecular complexity index is 374. The molecule has 100 valence electrons. The quantitative estimate of drug-likeness (QED) is 0.409. The third-order valence-corrected chi connectivity index (χ3v) is 2.99. The minimum Gasteiger partial charge on any atom is -0.488 e. The van der Waals surface area contributed by atoms with E-state index in [-0.39, 0.29) is 12.2 Å². The van der Waals surface area contributed by atoms with Crippen molar-refractivity contribution in [3.63, 3.8) is 0 Å². The van der Waals surface area contributed by atoms with Gasteiger partial charge in [0.15, 0.2) is 17.4 Å². The zero-order chi connectivity index (χ0) is 13.4. The molecule has 18 heavy (non-hydrogen) atoms. The molecule has 0 spiro atoms. The van der Waals surface area contributed by atoms with Crippen molar-refractivity contribution in [1.82, 2.24) is 0 Å². The molecule has 1 rings (SSSR count). The van der Waals surface area contributed by atoms with Crippen molar-refractivity contribution in [2.75, 3.05) is 11.9 Å². The van der Waals surface area contributed by atoms with Crippen LogP contribution in [0.2, 0.25) is 0 Å². The third-order valence-electron chi connectivity index (χ3n) is 2.43. The molecule has 5 heteroatoms. The number of ether oxygens (including phenoxy) is 1. The molecule has 0 aliphatic carbocycles. The molecule has 0 heterocycles. The minimum absolute atomic E-state index is 0.0327. The second kappa shape index (κ2) is 8.19. The van der Waals surface area contributed by atoms with E-state index in [4.69, 9.17) is 4.74 Å². The molecular formula is C13H15BrF2O2. The minimum atomic E-state index is -0.836. The van der Waals surface area contributed by atoms with E-state index in [1.54, 1.807) is 0 Å². The van der Waals surface area contributed by atoms with Gasteiger partial charge in [-0.25, -0.2) is 8.78 Å². The number of alkyl halides is 1. The number of halogens is 3. The van der Waals surface area contributed by atoms with Crippen molar-refractivity contribution in [2.24, 2.45) is 0 Å². The first-order chi connectivity index (χ1) is 8.69. The van der Waals surface area contributed by atoms with E-state index in [0.29, 0.717) is 6.29 Å². The van der Waals surface area contributed by atoms with Crippen LogP contribution in [-0.2, 0) is 0 Å². The van der Waals surface area contributed by atoms with Crippen molar-refractivity contribution in [3.8, 4) is 5.75 Å². The van der Waals surface area contributed by atoms with Gasteiger partial charge in [0, 0.05) is 10.9 Å². The maximum atomic E-state index is 13.4. The Morgan fingerprint density at radius 3 is 2.28 bits per heavy atom. The van der Waals surface area contributed by atoms with Gasteiger partial charge in [0.1, 0.15) is 6.29 Å². The van der Waals surface area contributed by atoms with Crippen molar-refractivity contribution >= 4 is 22.2 Å². The van der Waals surface area contributed by atoms with E-state index in [1.807, 2.05) is 0 Å². The number of unbranched alkanes of at least 4 members (excludes halogenated alkanes) is 3. The van der Waals surface area contributed by atoms with E-state index in [1.165, 1.54) is 0 Å². The first kappa shape index (κ1) is 15.1. The highest BCUT2D eigenvalue weighted by molar-refractivity contribution is 9.09. The lowest BCUT2D eigenvalue weighted by Crippen LogP contribution is -2.02. The zero-order valence-electron chi connectivity index (χ0n) is 9.93. The largest absolute Gasteiger partial charge is 0.488 e. The molecule has 0 N–H and O–H groups in total. The lowest BCUT2D eigenvalue weighted by atomic mass is 10.2. The van der Waals surface area contributed by atoms with Crippen LogP contribution in [0.5, 0.6) is 5.75 Å². The summed E-state index contributed by atoms with van der Waals surface area (Å²) in [6.45, 7) is 0.274. The maximum absolute atomic E-state index is 13.4. The normalized spacial score (nSPS) is 10.4. The predicted octanol–water partition coefficient (Wildman–Crippen LogP) is 4.11. The number of rotatable bonds is 8. The Labute approximate surface area is 113 Å². The average molecular weight is 321 g/mol. The standard InChI is InChI=1S/C13H15BrF2O2/c14-5-3-1-2-4-6-18-13-11(15)7-10(9-17)8-12(13)16/h7-9H,1-6H2. The van der Waals surface area contributed by atoms with Crippen LogP contribution in [0.1, 0.15) is 36.0 Å². The maximum Gasteiger partial charge on any atom is 0.190 e. The van der Waals surface area contributed by atoms with E-state index in [9.17, 15) is 13.6 Å². The van der Waals surface area contributed by atoms with E-state index < -0.39 is 17.4 Å². The van der Waals surface area contributed by atoms with Crippen LogP contribution in [0.25, 0.3) is 0 Å². The molecule has 1 aromatic carbocycles. The van der Waals surface area contributed by atoms with Gasteiger partial charge in [-0.05, 0) is 25.0 Å². The summed E-state index contributed by atoms with van der Waals surface area (Å²) in [4.78, 5) is 10.4. The van der Waals surface area contributed by atoms with Gasteiger partial charge in [-0.2, -0.15) is 0 Å². The summed E-state index contributed by atoms with van der Waals surface area (Å²) in [7, 11) is 0. The van der Waals surface area contributed by atoms with Gasteiger partial charge in [-0.15, -0.1) is 0 Å². The van der Waals surface area contributed by atoms with Crippen molar-refractivity contribution in [3.05, 3.63) is 29.3 Å². The van der Waals surface area contributed by atoms with E-state index in [0.717, 1.165) is 43.1 Å². The number of carbonyl (C=O) groups excluding carboxylic acids is 1. The summed E-state index contributed by atoms with van der Waals surface area (Å²) < 4.78 is 31.9. The van der Waals surface area contributed by atoms with Crippen molar-refractivity contribution in [2.45, 2.75) is 25.7 Å². The van der Waals surface area contributed by atoms with Crippen molar-refractivity contribution < 1.29 is 18.3 Å². The number of benzene rings is 1. The molecule has 0 aromatic heterocycles. The Morgan fingerprint density at radius 2 is 1.72 bits per heavy atom. The zero-order valence-corrected chi connectivity index (χ0v) is 11.5. The fourth-order valence-corrected chi connectivity index (χ4v) is 1.91. The number of hydrogen-bond donors (Lipinski definition) is 0. The van der Waals surface area contributed by atoms with E-state index in [2.05, 4.69) is 15.9 Å². The Morgan fingerprint density at radius 1 is 1.11 bits per heavy atom. The van der Waals surface area contributed by atoms with Crippen LogP contribution in [0.4, 0.5) is 8.78 Å². The Kier molecular flexibility index (Phi) is 6.86. The summed E-state index contributed by atoms with van der Waals surface area (Å²) in [6.07, 6.45) is 4.25. The molecule has 0 bridgehead atoms. The SMILES string of the molecule is O=Cc1cc(F)c(OCCCCCCBr)c(F)c1. The molecule has 0 amide bonds. The molecule has 0 atom stereocenters. The van der Waals surface area contributed by atoms with Crippen LogP contribution in [0.15, 0.2) is 12.1 Å². The second-order valence-corrected chi connectivity index (χ2v) is 4.68. The van der Waals surface area contributed by atoms with Gasteiger partial charge in [0.2, 0.25) is 0 Å². The highest BCUT2D eigenvalue weighted by Gasteiger charge is 2.12. The monoisotopic (exact) mass is 320 g/mol. The topological polar surface area (TPSA) is 26.3 Å². The van der Waals surface area contributed by atoms with Crippen LogP contribution >= 0.6 is 15.9 Å². The molecular weight excluding hydrogens is 306 g/mol. The fourth-order valence-electron chi connectivity index (χ4n) is 1.51. The summed E-state index contributed by atoms with van der Waals surface area (Å²) in [6, 6.07) is 1.94. The van der Waals surface area contributed by atoms with Crippen molar-refractivity contribution in [1.29, 1.82) is 0 Å². The smallest absolute Gasteiger partial charge is 0.190 e. The molecule has 2 nitrogen and oxygen atoms in total. The summed E-state index contributed by atoms with van der Waals surface area (Å²) in [5.74, 6) is -2.07. The predicted molar refractivity (Wildman–Crippen MR) is 69.5 cm³/mol. The number of carbonyl (C=O) groups is 1. The first-order valence-electron chi connectivity index (χ1n) is 5.82. The highest BCUT2D eigenvalue weighted by Crippen LogP contribution is 2.23. The number of aldehydes is 1. The van der Waals surface area contributed by atoms with Gasteiger partial charge >= 0.3 is 0 Å². The third kappa shape index (κ3) is 4.72. The van der Waals surface area contributed by atoms with Gasteiger partial charge < -0.3 is 4.74 Å². The molecule has 0 radical (unpaired) electrons. The van der Waals surface area contributed by atoms with Gasteiger partial charge in [-0.3, -0.25) is 4.79 Å². The Hall–Kier alpha value is -0.970. The fraction of sp³-hybridized carbons (Fsp3) is 0.462. The molecule has 0 aliphatic heterocycles. The van der Waals surface area contributed by atoms with Crippen LogP contribution < -0.4 is 4.74 Å². The molecule has 0 saturated heterocycles. The van der Waals surface area contributed by atoms with E-state index >= 15 is 0 Å². The molecule has 0 unspecified atom stereocenters. The lowest BCUT2D eigenvalue weighted by Gasteiger charge is -2.08. The van der Waals surface area contributed by atoms with Gasteiger partial charge in [-0.1, -0.05) is 28.8 Å². The molecule has 0 saturated carbocycles. The molecule has 0 aliphatic rings. The summed E-state index contributed by atoms with van der Waals surface area (Å²) in [5.41, 5.74) is -0.0327. The summed E-state index contributed by atoms with van der Waals surface area (Å²) >= 11 is 3.33. The van der Waals surface area contributed by atoms with Gasteiger partial charge in [0.05, 0.1) is 6.61 Å². The van der Waals surface area contributed by atoms with Crippen LogP contribution in [-0.4, -0.2) is 18.2 Å². The molecule has 1 aromatic rings. The Balaban J connectivity index is 2.45. The molecule has 0 fully saturated rings. The van der Waals surface area contributed by atoms with Crippen LogP contribution in [0.3, 0.4) is 0 Å². The lowest BCUT2D eigenvalue weighted by molar-refractivity contribution is 0.112. The second-order valence-electron chi connectivity index (χ2n) is 3.88. The highest BCUT2D eigenvalue weighted by atomic mass is 79.9. The average Bonchev–Trinajstić information content (AvgIpc) is 2.35.